The topological polar surface area (TPSA) is 58.1 Å². The van der Waals surface area contributed by atoms with Gasteiger partial charge >= 0.3 is 0 Å². The van der Waals surface area contributed by atoms with Crippen molar-refractivity contribution in [3.63, 3.8) is 0 Å². The summed E-state index contributed by atoms with van der Waals surface area (Å²) in [6, 6.07) is 10.7. The third-order valence-electron chi connectivity index (χ3n) is 5.58. The van der Waals surface area contributed by atoms with Gasteiger partial charge in [0.2, 0.25) is 11.0 Å². The van der Waals surface area contributed by atoms with Crippen molar-refractivity contribution in [3.05, 3.63) is 35.9 Å². The van der Waals surface area contributed by atoms with E-state index in [1.807, 2.05) is 18.2 Å². The van der Waals surface area contributed by atoms with Crippen molar-refractivity contribution < 1.29 is 4.79 Å². The molecule has 1 saturated carbocycles. The van der Waals surface area contributed by atoms with Crippen LogP contribution in [-0.4, -0.2) is 39.3 Å². The van der Waals surface area contributed by atoms with Crippen LogP contribution in [0.5, 0.6) is 0 Å². The van der Waals surface area contributed by atoms with Gasteiger partial charge in [-0.2, -0.15) is 0 Å². The Kier molecular flexibility index (Phi) is 6.29. The highest BCUT2D eigenvalue weighted by molar-refractivity contribution is 8.01. The Labute approximate surface area is 168 Å². The number of piperidine rings is 1. The molecule has 7 heteroatoms. The maximum absolute atomic E-state index is 12.8. The number of hydrogen-bond donors (Lipinski definition) is 1. The van der Waals surface area contributed by atoms with E-state index in [9.17, 15) is 4.79 Å². The number of nitrogens with one attached hydrogen (secondary N) is 1. The first-order valence-electron chi connectivity index (χ1n) is 9.83. The summed E-state index contributed by atoms with van der Waals surface area (Å²) in [5, 5.41) is 12.5. The van der Waals surface area contributed by atoms with Gasteiger partial charge < -0.3 is 10.2 Å². The largest absolute Gasteiger partial charge is 0.356 e. The van der Waals surface area contributed by atoms with Crippen molar-refractivity contribution in [2.45, 2.75) is 55.5 Å². The monoisotopic (exact) mass is 402 g/mol. The van der Waals surface area contributed by atoms with E-state index in [-0.39, 0.29) is 5.91 Å². The summed E-state index contributed by atoms with van der Waals surface area (Å²) < 4.78 is 0.858. The van der Waals surface area contributed by atoms with Crippen LogP contribution in [0.2, 0.25) is 0 Å². The zero-order valence-electron chi connectivity index (χ0n) is 15.5. The van der Waals surface area contributed by atoms with Gasteiger partial charge in [0.25, 0.3) is 0 Å². The van der Waals surface area contributed by atoms with E-state index in [2.05, 4.69) is 32.5 Å². The number of anilines is 1. The highest BCUT2D eigenvalue weighted by atomic mass is 32.2. The molecule has 2 aliphatic rings. The molecule has 1 aromatic heterocycles. The van der Waals surface area contributed by atoms with Gasteiger partial charge in [-0.25, -0.2) is 0 Å². The minimum Gasteiger partial charge on any atom is -0.356 e. The molecule has 27 heavy (non-hydrogen) atoms. The number of nitrogens with zero attached hydrogens (tertiary/aromatic N) is 3. The summed E-state index contributed by atoms with van der Waals surface area (Å²) in [6.45, 7) is 1.66. The van der Waals surface area contributed by atoms with Crippen molar-refractivity contribution in [3.8, 4) is 0 Å². The number of benzene rings is 1. The predicted octanol–water partition coefficient (Wildman–Crippen LogP) is 4.42. The Bertz CT molecular complexity index is 749. The number of carbonyl (C=O) groups is 1. The van der Waals surface area contributed by atoms with E-state index in [4.69, 9.17) is 0 Å². The van der Waals surface area contributed by atoms with Crippen LogP contribution in [0.3, 0.4) is 0 Å². The molecular weight excluding hydrogens is 376 g/mol. The van der Waals surface area contributed by atoms with Crippen molar-refractivity contribution in [2.24, 2.45) is 5.92 Å². The van der Waals surface area contributed by atoms with Gasteiger partial charge in [0.05, 0.1) is 5.75 Å². The molecule has 1 aromatic carbocycles. The van der Waals surface area contributed by atoms with Crippen LogP contribution in [0, 0.1) is 5.92 Å². The van der Waals surface area contributed by atoms with Gasteiger partial charge in [0.1, 0.15) is 0 Å². The van der Waals surface area contributed by atoms with E-state index in [0.717, 1.165) is 34.9 Å². The lowest BCUT2D eigenvalue weighted by Gasteiger charge is -2.44. The molecule has 0 radical (unpaired) electrons. The first-order chi connectivity index (χ1) is 13.3. The highest BCUT2D eigenvalue weighted by Crippen LogP contribution is 2.36. The second-order valence-electron chi connectivity index (χ2n) is 7.34. The Hall–Kier alpha value is -1.60. The number of fused-ring (bicyclic) bond motifs is 1. The standard InChI is InChI=1S/C20H26N4OS2/c25-18(24-12-6-10-16-9-4-5-11-17(16)24)14-26-20-23-22-19(27-20)21-13-15-7-2-1-3-8-15/h1-3,7-8,16-17H,4-6,9-14H2,(H,21,22)/t16-,17+/m1/s1. The fraction of sp³-hybridized carbons (Fsp3) is 0.550. The SMILES string of the molecule is O=C(CSc1nnc(NCc2ccccc2)s1)N1CCC[C@H]2CCCC[C@@H]21. The Morgan fingerprint density at radius 3 is 2.85 bits per heavy atom. The molecule has 2 heterocycles. The average molecular weight is 403 g/mol. The first-order valence-corrected chi connectivity index (χ1v) is 11.6. The van der Waals surface area contributed by atoms with Crippen molar-refractivity contribution in [2.75, 3.05) is 17.6 Å². The average Bonchev–Trinajstić information content (AvgIpc) is 3.19. The first kappa shape index (κ1) is 18.7. The lowest BCUT2D eigenvalue weighted by molar-refractivity contribution is -0.134. The molecule has 0 spiro atoms. The van der Waals surface area contributed by atoms with Crippen LogP contribution in [-0.2, 0) is 11.3 Å². The van der Waals surface area contributed by atoms with Crippen LogP contribution < -0.4 is 5.32 Å². The molecule has 2 atom stereocenters. The molecular formula is C20H26N4OS2. The van der Waals surface area contributed by atoms with Crippen LogP contribution in [0.1, 0.15) is 44.1 Å². The lowest BCUT2D eigenvalue weighted by atomic mass is 9.78. The molecule has 1 amide bonds. The van der Waals surface area contributed by atoms with Crippen LogP contribution in [0.25, 0.3) is 0 Å². The number of thioether (sulfide) groups is 1. The van der Waals surface area contributed by atoms with Crippen molar-refractivity contribution in [1.29, 1.82) is 0 Å². The predicted molar refractivity (Wildman–Crippen MR) is 111 cm³/mol. The maximum atomic E-state index is 12.8. The van der Waals surface area contributed by atoms with Crippen molar-refractivity contribution >= 4 is 34.1 Å². The van der Waals surface area contributed by atoms with Gasteiger partial charge in [-0.3, -0.25) is 4.79 Å². The number of amides is 1. The quantitative estimate of drug-likeness (QED) is 0.725. The minimum atomic E-state index is 0.269. The maximum Gasteiger partial charge on any atom is 0.233 e. The molecule has 2 fully saturated rings. The molecule has 0 unspecified atom stereocenters. The van der Waals surface area contributed by atoms with E-state index in [1.165, 1.54) is 60.8 Å². The van der Waals surface area contributed by atoms with Crippen LogP contribution in [0.15, 0.2) is 34.7 Å². The fourth-order valence-electron chi connectivity index (χ4n) is 4.25. The Balaban J connectivity index is 1.27. The minimum absolute atomic E-state index is 0.269. The third kappa shape index (κ3) is 4.82. The van der Waals surface area contributed by atoms with Gasteiger partial charge in [0.15, 0.2) is 4.34 Å². The lowest BCUT2D eigenvalue weighted by Crippen LogP contribution is -2.50. The number of carbonyl (C=O) groups excluding carboxylic acids is 1. The molecule has 5 nitrogen and oxygen atoms in total. The summed E-state index contributed by atoms with van der Waals surface area (Å²) in [7, 11) is 0. The number of likely N-dealkylation sites (tertiary alicyclic amines) is 1. The third-order valence-corrected chi connectivity index (χ3v) is 7.57. The Morgan fingerprint density at radius 1 is 1.15 bits per heavy atom. The van der Waals surface area contributed by atoms with Gasteiger partial charge in [-0.1, -0.05) is 66.3 Å². The highest BCUT2D eigenvalue weighted by Gasteiger charge is 2.35. The second-order valence-corrected chi connectivity index (χ2v) is 9.54. The van der Waals surface area contributed by atoms with E-state index < -0.39 is 0 Å². The summed E-state index contributed by atoms with van der Waals surface area (Å²) in [5.74, 6) is 1.47. The smallest absolute Gasteiger partial charge is 0.233 e. The van der Waals surface area contributed by atoms with Gasteiger partial charge in [0, 0.05) is 19.1 Å². The molecule has 144 valence electrons. The normalized spacial score (nSPS) is 22.3. The van der Waals surface area contributed by atoms with E-state index in [1.54, 1.807) is 0 Å². The zero-order valence-corrected chi connectivity index (χ0v) is 17.1. The second kappa shape index (κ2) is 9.06. The Morgan fingerprint density at radius 2 is 1.96 bits per heavy atom. The zero-order chi connectivity index (χ0) is 18.5. The molecule has 1 aliphatic carbocycles. The van der Waals surface area contributed by atoms with Gasteiger partial charge in [-0.05, 0) is 37.2 Å². The summed E-state index contributed by atoms with van der Waals surface area (Å²) >= 11 is 3.04. The molecule has 1 saturated heterocycles. The molecule has 0 bridgehead atoms. The van der Waals surface area contributed by atoms with Crippen molar-refractivity contribution in [1.82, 2.24) is 15.1 Å². The van der Waals surface area contributed by atoms with E-state index >= 15 is 0 Å². The number of hydrogen-bond acceptors (Lipinski definition) is 6. The molecule has 1 N–H and O–H groups in total. The summed E-state index contributed by atoms with van der Waals surface area (Å²) in [5.41, 5.74) is 1.21. The summed E-state index contributed by atoms with van der Waals surface area (Å²) in [4.78, 5) is 15.0. The van der Waals surface area contributed by atoms with Crippen LogP contribution >= 0.6 is 23.1 Å². The summed E-state index contributed by atoms with van der Waals surface area (Å²) in [6.07, 6.45) is 7.55. The molecule has 4 rings (SSSR count). The van der Waals surface area contributed by atoms with Gasteiger partial charge in [-0.15, -0.1) is 10.2 Å². The van der Waals surface area contributed by atoms with E-state index in [0.29, 0.717) is 11.8 Å². The number of rotatable bonds is 6. The fourth-order valence-corrected chi connectivity index (χ4v) is 5.89. The van der Waals surface area contributed by atoms with Crippen LogP contribution in [0.4, 0.5) is 5.13 Å². The number of aromatic nitrogens is 2. The molecule has 2 aromatic rings. The molecule has 1 aliphatic heterocycles.